The molecule has 11 rings (SSSR count). The molecule has 0 fully saturated rings. The molecule has 0 saturated carbocycles. The highest BCUT2D eigenvalue weighted by atomic mass is 16.3. The Bertz CT molecular complexity index is 3290. The van der Waals surface area contributed by atoms with Gasteiger partial charge in [0.2, 0.25) is 0 Å². The van der Waals surface area contributed by atoms with Crippen molar-refractivity contribution in [3.8, 4) is 0 Å². The molecule has 1 aromatic heterocycles. The Kier molecular flexibility index (Phi) is 7.51. The van der Waals surface area contributed by atoms with E-state index in [9.17, 15) is 4.11 Å². The van der Waals surface area contributed by atoms with Crippen LogP contribution >= 0.6 is 0 Å². The van der Waals surface area contributed by atoms with Crippen molar-refractivity contribution in [1.82, 2.24) is 0 Å². The zero-order chi connectivity index (χ0) is 42.7. The molecular formula is C57H43NO. The molecule has 0 spiro atoms. The quantitative estimate of drug-likeness (QED) is 0.108. The summed E-state index contributed by atoms with van der Waals surface area (Å²) in [6.45, 7) is 1.03. The molecule has 0 radical (unpaired) electrons. The van der Waals surface area contributed by atoms with Crippen LogP contribution in [0, 0.1) is 5.92 Å². The van der Waals surface area contributed by atoms with Crippen LogP contribution in [-0.4, -0.2) is 6.04 Å². The molecule has 59 heavy (non-hydrogen) atoms. The first-order chi connectivity index (χ1) is 31.0. The maximum Gasteiger partial charge on any atom is 0.137 e. The number of benzene rings is 8. The fourth-order valence-corrected chi connectivity index (χ4v) is 10.1. The van der Waals surface area contributed by atoms with Crippen molar-refractivity contribution in [2.45, 2.75) is 23.8 Å². The zero-order valence-corrected chi connectivity index (χ0v) is 32.4. The van der Waals surface area contributed by atoms with Crippen LogP contribution in [0.5, 0.6) is 0 Å². The van der Waals surface area contributed by atoms with E-state index in [2.05, 4.69) is 133 Å². The van der Waals surface area contributed by atoms with Gasteiger partial charge >= 0.3 is 0 Å². The predicted octanol–water partition coefficient (Wildman–Crippen LogP) is 14.6. The van der Waals surface area contributed by atoms with E-state index in [0.29, 0.717) is 5.58 Å². The van der Waals surface area contributed by atoms with Crippen LogP contribution in [0.2, 0.25) is 0 Å². The first-order valence-electron chi connectivity index (χ1n) is 22.5. The lowest BCUT2D eigenvalue weighted by molar-refractivity contribution is 0.452. The molecule has 0 aliphatic heterocycles. The number of hydrogen-bond acceptors (Lipinski definition) is 2. The van der Waals surface area contributed by atoms with E-state index < -0.39 is 17.9 Å². The third-order valence-corrected chi connectivity index (χ3v) is 12.6. The van der Waals surface area contributed by atoms with Gasteiger partial charge in [-0.1, -0.05) is 188 Å². The summed E-state index contributed by atoms with van der Waals surface area (Å²) in [4.78, 5) is 2.05. The lowest BCUT2D eigenvalue weighted by Gasteiger charge is -2.41. The van der Waals surface area contributed by atoms with E-state index in [-0.39, 0.29) is 23.9 Å². The number of allylic oxidation sites excluding steroid dienone is 3. The third kappa shape index (κ3) is 5.55. The molecule has 0 N–H and O–H groups in total. The fourth-order valence-electron chi connectivity index (χ4n) is 10.1. The molecule has 4 unspecified atom stereocenters. The van der Waals surface area contributed by atoms with Gasteiger partial charge in [0.25, 0.3) is 0 Å². The van der Waals surface area contributed by atoms with E-state index >= 15 is 0 Å². The number of nitrogens with zero attached hydrogens (tertiary/aromatic N) is 1. The van der Waals surface area contributed by atoms with Gasteiger partial charge in [-0.05, 0) is 86.1 Å². The second-order valence-corrected chi connectivity index (χ2v) is 15.6. The topological polar surface area (TPSA) is 16.4 Å². The Morgan fingerprint density at radius 1 is 0.695 bits per heavy atom. The van der Waals surface area contributed by atoms with Crippen molar-refractivity contribution in [3.05, 3.63) is 252 Å². The molecule has 8 aromatic carbocycles. The largest absolute Gasteiger partial charge is 0.456 e. The molecule has 0 saturated heterocycles. The standard InChI is InChI=1S/C57H43NO/c1-2-43(25-17-20-40-37-39-19-9-10-26-45(39)47-28-12-11-27-46(40)47)58(53-32-18-34-55-56(53)50-30-14-16-33-54(50)59-55)44-35-36-49-48-29-13-15-31-51(48)57(52(49)38-44,41-21-5-3-6-22-41)42-23-7-4-8-24-42/h2-24,26-38,43,49,52H,1,25H2/b20-17+/i1D,2D,17D,25D/b2-1?,20-17+. The number of fused-ring (bicyclic) bond motifs is 9. The van der Waals surface area contributed by atoms with Crippen LogP contribution in [0.25, 0.3) is 49.6 Å². The molecular weight excluding hydrogens is 715 g/mol. The lowest BCUT2D eigenvalue weighted by Crippen LogP contribution is -2.38. The summed E-state index contributed by atoms with van der Waals surface area (Å²) in [6.07, 6.45) is 7.26. The van der Waals surface area contributed by atoms with Crippen molar-refractivity contribution >= 4 is 55.2 Å². The zero-order valence-electron chi connectivity index (χ0n) is 36.4. The summed E-state index contributed by atoms with van der Waals surface area (Å²) >= 11 is 0. The van der Waals surface area contributed by atoms with Crippen LogP contribution in [0.15, 0.2) is 229 Å². The van der Waals surface area contributed by atoms with Gasteiger partial charge in [0.1, 0.15) is 11.2 Å². The van der Waals surface area contributed by atoms with Crippen LogP contribution in [-0.2, 0) is 5.41 Å². The number of furan rings is 1. The van der Waals surface area contributed by atoms with Gasteiger partial charge in [-0.25, -0.2) is 0 Å². The van der Waals surface area contributed by atoms with E-state index in [4.69, 9.17) is 5.79 Å². The van der Waals surface area contributed by atoms with Gasteiger partial charge in [-0.3, -0.25) is 0 Å². The summed E-state index contributed by atoms with van der Waals surface area (Å²) in [5.41, 5.74) is 8.06. The van der Waals surface area contributed by atoms with Gasteiger partial charge in [0, 0.05) is 24.3 Å². The average molecular weight is 762 g/mol. The summed E-state index contributed by atoms with van der Waals surface area (Å²) in [5.74, 6) is -0.0884. The van der Waals surface area contributed by atoms with Gasteiger partial charge in [0.05, 0.1) is 26.6 Å². The molecule has 0 bridgehead atoms. The molecule has 2 heteroatoms. The predicted molar refractivity (Wildman–Crippen MR) is 248 cm³/mol. The highest BCUT2D eigenvalue weighted by molar-refractivity contribution is 6.12. The molecule has 0 amide bonds. The van der Waals surface area contributed by atoms with Crippen molar-refractivity contribution in [1.29, 1.82) is 0 Å². The van der Waals surface area contributed by atoms with Crippen molar-refractivity contribution in [3.63, 3.8) is 0 Å². The first kappa shape index (κ1) is 30.9. The highest BCUT2D eigenvalue weighted by Crippen LogP contribution is 2.60. The normalized spacial score (nSPS) is 19.4. The highest BCUT2D eigenvalue weighted by Gasteiger charge is 2.53. The van der Waals surface area contributed by atoms with Gasteiger partial charge in [-0.15, -0.1) is 6.55 Å². The molecule has 282 valence electrons. The minimum atomic E-state index is -1.28. The second-order valence-electron chi connectivity index (χ2n) is 15.6. The Morgan fingerprint density at radius 2 is 1.36 bits per heavy atom. The monoisotopic (exact) mass is 761 g/mol. The summed E-state index contributed by atoms with van der Waals surface area (Å²) in [5, 5.41) is 5.99. The van der Waals surface area contributed by atoms with Gasteiger partial charge in [-0.2, -0.15) is 0 Å². The second kappa shape index (κ2) is 14.3. The number of hydrogen-bond donors (Lipinski definition) is 0. The van der Waals surface area contributed by atoms with E-state index in [0.717, 1.165) is 61.4 Å². The van der Waals surface area contributed by atoms with E-state index in [1.807, 2.05) is 71.6 Å². The molecule has 2 aliphatic carbocycles. The Balaban J connectivity index is 1.15. The number of rotatable bonds is 9. The van der Waals surface area contributed by atoms with Crippen LogP contribution < -0.4 is 4.90 Å². The average Bonchev–Trinajstić information content (AvgIpc) is 3.87. The SMILES string of the molecule is [2H]C=C([2H])C(C([2H])/C([2H])=C/c1cc2ccccc2c2ccccc12)N(C1=CC2C(C=C1)c1ccccc1C2(c1ccccc1)c1ccccc1)c1cccc2oc3ccccc3c12. The number of anilines is 1. The van der Waals surface area contributed by atoms with Gasteiger partial charge < -0.3 is 9.32 Å². The molecule has 2 nitrogen and oxygen atoms in total. The lowest BCUT2D eigenvalue weighted by atomic mass is 9.63. The smallest absolute Gasteiger partial charge is 0.137 e. The minimum Gasteiger partial charge on any atom is -0.456 e. The summed E-state index contributed by atoms with van der Waals surface area (Å²) < 4.78 is 44.5. The maximum atomic E-state index is 10.1. The Hall–Kier alpha value is -7.16. The first-order valence-corrected chi connectivity index (χ1v) is 20.3. The molecule has 4 atom stereocenters. The summed E-state index contributed by atoms with van der Waals surface area (Å²) in [7, 11) is 0. The van der Waals surface area contributed by atoms with Crippen molar-refractivity contribution < 1.29 is 9.90 Å². The number of para-hydroxylation sites is 1. The fraction of sp³-hybridized carbons (Fsp3) is 0.0877. The van der Waals surface area contributed by atoms with Crippen LogP contribution in [0.4, 0.5) is 5.69 Å². The van der Waals surface area contributed by atoms with Crippen molar-refractivity contribution in [2.24, 2.45) is 5.92 Å². The van der Waals surface area contributed by atoms with Crippen molar-refractivity contribution in [2.75, 3.05) is 4.90 Å². The van der Waals surface area contributed by atoms with Crippen LogP contribution in [0.3, 0.4) is 0 Å². The Labute approximate surface area is 351 Å². The summed E-state index contributed by atoms with van der Waals surface area (Å²) in [6, 6.07) is 61.6. The van der Waals surface area contributed by atoms with E-state index in [1.54, 1.807) is 6.08 Å². The maximum absolute atomic E-state index is 10.1. The minimum absolute atomic E-state index is 0.0259. The van der Waals surface area contributed by atoms with Crippen LogP contribution in [0.1, 0.15) is 45.6 Å². The molecule has 1 heterocycles. The Morgan fingerprint density at radius 3 is 2.15 bits per heavy atom. The molecule has 9 aromatic rings. The molecule has 2 aliphatic rings. The van der Waals surface area contributed by atoms with E-state index in [1.165, 1.54) is 22.3 Å². The van der Waals surface area contributed by atoms with Gasteiger partial charge in [0.15, 0.2) is 0 Å². The third-order valence-electron chi connectivity index (χ3n) is 12.6.